The van der Waals surface area contributed by atoms with Crippen LogP contribution in [0.15, 0.2) is 24.3 Å². The Morgan fingerprint density at radius 1 is 1.25 bits per heavy atom. The Morgan fingerprint density at radius 3 is 2.58 bits per heavy atom. The van der Waals surface area contributed by atoms with Crippen LogP contribution in [0.5, 0.6) is 5.75 Å². The molecule has 0 spiro atoms. The van der Waals surface area contributed by atoms with Crippen LogP contribution in [0.2, 0.25) is 0 Å². The molecule has 0 radical (unpaired) electrons. The molecule has 1 aliphatic rings. The van der Waals surface area contributed by atoms with Gasteiger partial charge in [0.2, 0.25) is 5.91 Å². The predicted molar refractivity (Wildman–Crippen MR) is 86.2 cm³/mol. The van der Waals surface area contributed by atoms with Gasteiger partial charge in [0, 0.05) is 19.0 Å². The summed E-state index contributed by atoms with van der Waals surface area (Å²) in [4.78, 5) is 36.6. The second-order valence-corrected chi connectivity index (χ2v) is 5.75. The highest BCUT2D eigenvalue weighted by Crippen LogP contribution is 2.17. The van der Waals surface area contributed by atoms with Gasteiger partial charge in [-0.05, 0) is 30.5 Å². The summed E-state index contributed by atoms with van der Waals surface area (Å²) in [6, 6.07) is 7.11. The molecule has 0 saturated carbocycles. The van der Waals surface area contributed by atoms with Crippen LogP contribution >= 0.6 is 0 Å². The number of carbonyl (C=O) groups excluding carboxylic acids is 3. The van der Waals surface area contributed by atoms with Crippen LogP contribution in [-0.4, -0.2) is 49.5 Å². The van der Waals surface area contributed by atoms with Crippen molar-refractivity contribution in [3.63, 3.8) is 0 Å². The molecule has 0 unspecified atom stereocenters. The summed E-state index contributed by atoms with van der Waals surface area (Å²) in [6.45, 7) is 0.629. The first-order valence-corrected chi connectivity index (χ1v) is 7.85. The Balaban J connectivity index is 1.75. The average molecular weight is 334 g/mol. The van der Waals surface area contributed by atoms with Crippen molar-refractivity contribution >= 4 is 17.8 Å². The fourth-order valence-electron chi connectivity index (χ4n) is 2.65. The molecule has 24 heavy (non-hydrogen) atoms. The Kier molecular flexibility index (Phi) is 6.17. The maximum absolute atomic E-state index is 12.0. The SMILES string of the molecule is COc1cccc(CC(=O)OCC(=O)N2CCC(C(N)=O)CC2)c1. The van der Waals surface area contributed by atoms with Gasteiger partial charge in [-0.3, -0.25) is 14.4 Å². The zero-order valence-electron chi connectivity index (χ0n) is 13.7. The first-order valence-electron chi connectivity index (χ1n) is 7.85. The standard InChI is InChI=1S/C17H22N2O5/c1-23-14-4-2-3-12(9-14)10-16(21)24-11-15(20)19-7-5-13(6-8-19)17(18)22/h2-4,9,13H,5-8,10-11H2,1H3,(H2,18,22). The Morgan fingerprint density at radius 2 is 1.96 bits per heavy atom. The normalized spacial score (nSPS) is 15.0. The summed E-state index contributed by atoms with van der Waals surface area (Å²) in [5, 5.41) is 0. The molecule has 0 atom stereocenters. The van der Waals surface area contributed by atoms with Gasteiger partial charge in [0.25, 0.3) is 5.91 Å². The number of nitrogens with two attached hydrogens (primary N) is 1. The van der Waals surface area contributed by atoms with Crippen LogP contribution in [0, 0.1) is 5.92 Å². The summed E-state index contributed by atoms with van der Waals surface area (Å²) in [5.41, 5.74) is 6.02. The molecular weight excluding hydrogens is 312 g/mol. The smallest absolute Gasteiger partial charge is 0.310 e. The zero-order chi connectivity index (χ0) is 17.5. The second kappa shape index (κ2) is 8.33. The number of nitrogens with zero attached hydrogens (tertiary/aromatic N) is 1. The van der Waals surface area contributed by atoms with E-state index < -0.39 is 5.97 Å². The molecule has 130 valence electrons. The van der Waals surface area contributed by atoms with Gasteiger partial charge in [-0.1, -0.05) is 12.1 Å². The van der Waals surface area contributed by atoms with E-state index in [-0.39, 0.29) is 30.8 Å². The Hall–Kier alpha value is -2.57. The zero-order valence-corrected chi connectivity index (χ0v) is 13.7. The highest BCUT2D eigenvalue weighted by Gasteiger charge is 2.26. The number of hydrogen-bond acceptors (Lipinski definition) is 5. The number of hydrogen-bond donors (Lipinski definition) is 1. The molecule has 1 saturated heterocycles. The van der Waals surface area contributed by atoms with Crippen LogP contribution in [0.3, 0.4) is 0 Å². The predicted octanol–water partition coefficient (Wildman–Crippen LogP) is 0.505. The number of esters is 1. The third-order valence-electron chi connectivity index (χ3n) is 4.09. The Labute approximate surface area is 140 Å². The number of rotatable bonds is 6. The molecule has 1 heterocycles. The third kappa shape index (κ3) is 4.97. The minimum Gasteiger partial charge on any atom is -0.497 e. The van der Waals surface area contributed by atoms with Gasteiger partial charge in [-0.15, -0.1) is 0 Å². The Bertz CT molecular complexity index is 609. The summed E-state index contributed by atoms with van der Waals surface area (Å²) in [5.74, 6) is -0.564. The summed E-state index contributed by atoms with van der Waals surface area (Å²) < 4.78 is 10.1. The summed E-state index contributed by atoms with van der Waals surface area (Å²) in [7, 11) is 1.55. The van der Waals surface area contributed by atoms with Gasteiger partial charge < -0.3 is 20.1 Å². The fourth-order valence-corrected chi connectivity index (χ4v) is 2.65. The van der Waals surface area contributed by atoms with Crippen molar-refractivity contribution in [1.82, 2.24) is 4.90 Å². The topological polar surface area (TPSA) is 98.9 Å². The van der Waals surface area contributed by atoms with E-state index in [0.717, 1.165) is 5.56 Å². The van der Waals surface area contributed by atoms with E-state index in [9.17, 15) is 14.4 Å². The van der Waals surface area contributed by atoms with Crippen molar-refractivity contribution < 1.29 is 23.9 Å². The highest BCUT2D eigenvalue weighted by molar-refractivity contribution is 5.82. The van der Waals surface area contributed by atoms with Crippen LogP contribution in [0.1, 0.15) is 18.4 Å². The molecule has 2 amide bonds. The number of amides is 2. The van der Waals surface area contributed by atoms with Crippen molar-refractivity contribution in [1.29, 1.82) is 0 Å². The van der Waals surface area contributed by atoms with Crippen molar-refractivity contribution in [2.24, 2.45) is 11.7 Å². The van der Waals surface area contributed by atoms with E-state index >= 15 is 0 Å². The molecule has 1 aromatic rings. The van der Waals surface area contributed by atoms with Gasteiger partial charge in [0.15, 0.2) is 6.61 Å². The van der Waals surface area contributed by atoms with Gasteiger partial charge in [0.1, 0.15) is 5.75 Å². The minimum absolute atomic E-state index is 0.0776. The average Bonchev–Trinajstić information content (AvgIpc) is 2.60. The van der Waals surface area contributed by atoms with E-state index in [1.807, 2.05) is 0 Å². The van der Waals surface area contributed by atoms with Gasteiger partial charge in [-0.2, -0.15) is 0 Å². The molecule has 7 nitrogen and oxygen atoms in total. The molecule has 0 bridgehead atoms. The number of primary amides is 1. The molecule has 2 rings (SSSR count). The second-order valence-electron chi connectivity index (χ2n) is 5.75. The lowest BCUT2D eigenvalue weighted by Crippen LogP contribution is -2.43. The van der Waals surface area contributed by atoms with Crippen molar-refractivity contribution in [3.8, 4) is 5.75 Å². The summed E-state index contributed by atoms with van der Waals surface area (Å²) >= 11 is 0. The van der Waals surface area contributed by atoms with E-state index in [2.05, 4.69) is 0 Å². The number of ether oxygens (including phenoxy) is 2. The lowest BCUT2D eigenvalue weighted by atomic mass is 9.96. The molecule has 2 N–H and O–H groups in total. The monoisotopic (exact) mass is 334 g/mol. The lowest BCUT2D eigenvalue weighted by molar-refractivity contribution is -0.152. The van der Waals surface area contributed by atoms with Crippen LogP contribution in [-0.2, 0) is 25.5 Å². The van der Waals surface area contributed by atoms with Crippen molar-refractivity contribution in [3.05, 3.63) is 29.8 Å². The number of carbonyl (C=O) groups is 3. The molecule has 0 aromatic heterocycles. The van der Waals surface area contributed by atoms with E-state index in [1.54, 1.807) is 36.3 Å². The van der Waals surface area contributed by atoms with Crippen molar-refractivity contribution in [2.75, 3.05) is 26.8 Å². The number of piperidine rings is 1. The highest BCUT2D eigenvalue weighted by atomic mass is 16.5. The quantitative estimate of drug-likeness (QED) is 0.764. The number of benzene rings is 1. The maximum Gasteiger partial charge on any atom is 0.310 e. The lowest BCUT2D eigenvalue weighted by Gasteiger charge is -2.30. The fraction of sp³-hybridized carbons (Fsp3) is 0.471. The van der Waals surface area contributed by atoms with E-state index in [4.69, 9.17) is 15.2 Å². The van der Waals surface area contributed by atoms with Crippen molar-refractivity contribution in [2.45, 2.75) is 19.3 Å². The number of likely N-dealkylation sites (tertiary alicyclic amines) is 1. The molecule has 0 aliphatic carbocycles. The molecule has 1 aliphatic heterocycles. The first kappa shape index (κ1) is 17.8. The third-order valence-corrected chi connectivity index (χ3v) is 4.09. The van der Waals surface area contributed by atoms with E-state index in [1.165, 1.54) is 0 Å². The molecule has 1 fully saturated rings. The number of methoxy groups -OCH3 is 1. The van der Waals surface area contributed by atoms with Crippen LogP contribution in [0.25, 0.3) is 0 Å². The molecular formula is C17H22N2O5. The maximum atomic E-state index is 12.0. The minimum atomic E-state index is -0.469. The molecule has 7 heteroatoms. The first-order chi connectivity index (χ1) is 11.5. The van der Waals surface area contributed by atoms with Gasteiger partial charge >= 0.3 is 5.97 Å². The summed E-state index contributed by atoms with van der Waals surface area (Å²) in [6.07, 6.45) is 1.19. The van der Waals surface area contributed by atoms with Gasteiger partial charge in [-0.25, -0.2) is 0 Å². The largest absolute Gasteiger partial charge is 0.497 e. The van der Waals surface area contributed by atoms with Crippen LogP contribution < -0.4 is 10.5 Å². The van der Waals surface area contributed by atoms with Gasteiger partial charge in [0.05, 0.1) is 13.5 Å². The molecule has 1 aromatic carbocycles. The van der Waals surface area contributed by atoms with Crippen LogP contribution in [0.4, 0.5) is 0 Å². The van der Waals surface area contributed by atoms with E-state index in [0.29, 0.717) is 31.7 Å².